The molecule has 0 radical (unpaired) electrons. The lowest BCUT2D eigenvalue weighted by atomic mass is 9.96. The monoisotopic (exact) mass is 317 g/mol. The van der Waals surface area contributed by atoms with Crippen LogP contribution in [0.5, 0.6) is 0 Å². The van der Waals surface area contributed by atoms with Crippen molar-refractivity contribution in [2.75, 3.05) is 13.1 Å². The Morgan fingerprint density at radius 1 is 1.39 bits per heavy atom. The lowest BCUT2D eigenvalue weighted by molar-refractivity contribution is 0.0704. The van der Waals surface area contributed by atoms with Crippen molar-refractivity contribution in [3.05, 3.63) is 29.7 Å². The van der Waals surface area contributed by atoms with Crippen LogP contribution in [0.3, 0.4) is 0 Å². The van der Waals surface area contributed by atoms with Crippen LogP contribution in [0.4, 0.5) is 0 Å². The van der Waals surface area contributed by atoms with E-state index in [2.05, 4.69) is 29.1 Å². The van der Waals surface area contributed by atoms with E-state index in [9.17, 15) is 4.79 Å². The molecule has 7 heteroatoms. The third-order valence-corrected chi connectivity index (χ3v) is 4.16. The maximum atomic E-state index is 12.4. The molecule has 1 amide bonds. The van der Waals surface area contributed by atoms with Crippen LogP contribution in [0.2, 0.25) is 0 Å². The summed E-state index contributed by atoms with van der Waals surface area (Å²) in [7, 11) is 1.81. The SMILES string of the molecule is CC(C)Cc1noc(C2CCN(C(=O)c3cnn(C)c3)CC2)n1. The van der Waals surface area contributed by atoms with E-state index in [0.29, 0.717) is 30.5 Å². The smallest absolute Gasteiger partial charge is 0.257 e. The number of aromatic nitrogens is 4. The first kappa shape index (κ1) is 15.7. The first-order valence-electron chi connectivity index (χ1n) is 8.13. The fourth-order valence-electron chi connectivity index (χ4n) is 2.93. The van der Waals surface area contributed by atoms with Gasteiger partial charge in [-0.3, -0.25) is 9.48 Å². The van der Waals surface area contributed by atoms with E-state index in [1.54, 1.807) is 17.1 Å². The fraction of sp³-hybridized carbons (Fsp3) is 0.625. The van der Waals surface area contributed by atoms with Crippen LogP contribution in [0, 0.1) is 5.92 Å². The van der Waals surface area contributed by atoms with Gasteiger partial charge in [0, 0.05) is 38.7 Å². The second-order valence-corrected chi connectivity index (χ2v) is 6.62. The maximum Gasteiger partial charge on any atom is 0.257 e. The zero-order chi connectivity index (χ0) is 16.4. The zero-order valence-corrected chi connectivity index (χ0v) is 13.9. The lowest BCUT2D eigenvalue weighted by Gasteiger charge is -2.30. The molecular weight excluding hydrogens is 294 g/mol. The summed E-state index contributed by atoms with van der Waals surface area (Å²) < 4.78 is 7.06. The predicted octanol–water partition coefficient (Wildman–Crippen LogP) is 2.02. The highest BCUT2D eigenvalue weighted by Gasteiger charge is 2.28. The normalized spacial score (nSPS) is 16.3. The van der Waals surface area contributed by atoms with Gasteiger partial charge in [-0.05, 0) is 18.8 Å². The second kappa shape index (κ2) is 6.52. The molecule has 1 aliphatic heterocycles. The van der Waals surface area contributed by atoms with Gasteiger partial charge in [-0.2, -0.15) is 10.1 Å². The Bertz CT molecular complexity index is 668. The van der Waals surface area contributed by atoms with Gasteiger partial charge in [-0.25, -0.2) is 0 Å². The quantitative estimate of drug-likeness (QED) is 0.862. The molecule has 2 aromatic rings. The highest BCUT2D eigenvalue weighted by atomic mass is 16.5. The van der Waals surface area contributed by atoms with Crippen LogP contribution >= 0.6 is 0 Å². The number of aryl methyl sites for hydroxylation is 1. The van der Waals surface area contributed by atoms with Crippen molar-refractivity contribution in [1.29, 1.82) is 0 Å². The molecule has 1 aliphatic rings. The van der Waals surface area contributed by atoms with Crippen LogP contribution in [-0.4, -0.2) is 43.8 Å². The van der Waals surface area contributed by atoms with Gasteiger partial charge in [-0.1, -0.05) is 19.0 Å². The number of carbonyl (C=O) groups is 1. The third kappa shape index (κ3) is 3.60. The molecule has 23 heavy (non-hydrogen) atoms. The number of likely N-dealkylation sites (tertiary alicyclic amines) is 1. The molecule has 1 saturated heterocycles. The largest absolute Gasteiger partial charge is 0.339 e. The van der Waals surface area contributed by atoms with E-state index in [-0.39, 0.29) is 11.8 Å². The summed E-state index contributed by atoms with van der Waals surface area (Å²) in [5.41, 5.74) is 0.642. The Kier molecular flexibility index (Phi) is 4.45. The Labute approximate surface area is 135 Å². The van der Waals surface area contributed by atoms with Crippen LogP contribution in [0.15, 0.2) is 16.9 Å². The van der Waals surface area contributed by atoms with Gasteiger partial charge >= 0.3 is 0 Å². The topological polar surface area (TPSA) is 77.0 Å². The van der Waals surface area contributed by atoms with Crippen molar-refractivity contribution in [1.82, 2.24) is 24.8 Å². The highest BCUT2D eigenvalue weighted by Crippen LogP contribution is 2.27. The molecule has 3 heterocycles. The molecule has 0 atom stereocenters. The summed E-state index contributed by atoms with van der Waals surface area (Å²) in [4.78, 5) is 18.8. The van der Waals surface area contributed by atoms with E-state index < -0.39 is 0 Å². The number of hydrogen-bond acceptors (Lipinski definition) is 5. The van der Waals surface area contributed by atoms with Gasteiger partial charge in [0.25, 0.3) is 5.91 Å². The molecule has 0 aliphatic carbocycles. The third-order valence-electron chi connectivity index (χ3n) is 4.16. The van der Waals surface area contributed by atoms with E-state index in [1.165, 1.54) is 0 Å². The van der Waals surface area contributed by atoms with Crippen LogP contribution in [0.1, 0.15) is 54.7 Å². The molecule has 0 spiro atoms. The van der Waals surface area contributed by atoms with Crippen LogP contribution < -0.4 is 0 Å². The van der Waals surface area contributed by atoms with Crippen molar-refractivity contribution < 1.29 is 9.32 Å². The standard InChI is InChI=1S/C16H23N5O2/c1-11(2)8-14-18-15(23-19-14)12-4-6-21(7-5-12)16(22)13-9-17-20(3)10-13/h9-12H,4-8H2,1-3H3. The summed E-state index contributed by atoms with van der Waals surface area (Å²) in [6, 6.07) is 0. The van der Waals surface area contributed by atoms with E-state index in [4.69, 9.17) is 4.52 Å². The maximum absolute atomic E-state index is 12.4. The number of nitrogens with zero attached hydrogens (tertiary/aromatic N) is 5. The van der Waals surface area contributed by atoms with Gasteiger partial charge < -0.3 is 9.42 Å². The average molecular weight is 317 g/mol. The molecule has 2 aromatic heterocycles. The second-order valence-electron chi connectivity index (χ2n) is 6.62. The van der Waals surface area contributed by atoms with Gasteiger partial charge in [0.15, 0.2) is 5.82 Å². The van der Waals surface area contributed by atoms with Crippen molar-refractivity contribution in [2.45, 2.75) is 39.0 Å². The number of rotatable bonds is 4. The summed E-state index contributed by atoms with van der Waals surface area (Å²) in [6.07, 6.45) is 5.92. The van der Waals surface area contributed by atoms with Crippen molar-refractivity contribution in [3.63, 3.8) is 0 Å². The molecule has 0 N–H and O–H groups in total. The minimum absolute atomic E-state index is 0.0441. The Morgan fingerprint density at radius 3 is 2.74 bits per heavy atom. The van der Waals surface area contributed by atoms with Gasteiger partial charge in [0.2, 0.25) is 5.89 Å². The number of carbonyl (C=O) groups excluding carboxylic acids is 1. The van der Waals surface area contributed by atoms with Crippen molar-refractivity contribution in [2.24, 2.45) is 13.0 Å². The summed E-state index contributed by atoms with van der Waals surface area (Å²) >= 11 is 0. The Morgan fingerprint density at radius 2 is 2.13 bits per heavy atom. The zero-order valence-electron chi connectivity index (χ0n) is 13.9. The predicted molar refractivity (Wildman–Crippen MR) is 83.9 cm³/mol. The molecule has 0 unspecified atom stereocenters. The fourth-order valence-corrected chi connectivity index (χ4v) is 2.93. The van der Waals surface area contributed by atoms with E-state index >= 15 is 0 Å². The first-order valence-corrected chi connectivity index (χ1v) is 8.13. The molecule has 0 saturated carbocycles. The van der Waals surface area contributed by atoms with Crippen LogP contribution in [0.25, 0.3) is 0 Å². The number of hydrogen-bond donors (Lipinski definition) is 0. The van der Waals surface area contributed by atoms with Crippen molar-refractivity contribution >= 4 is 5.91 Å². The molecule has 1 fully saturated rings. The number of amides is 1. The Balaban J connectivity index is 1.58. The van der Waals surface area contributed by atoms with Crippen molar-refractivity contribution in [3.8, 4) is 0 Å². The van der Waals surface area contributed by atoms with Gasteiger partial charge in [0.1, 0.15) is 0 Å². The minimum Gasteiger partial charge on any atom is -0.339 e. The number of piperidine rings is 1. The van der Waals surface area contributed by atoms with E-state index in [1.807, 2.05) is 11.9 Å². The molecule has 7 nitrogen and oxygen atoms in total. The van der Waals surface area contributed by atoms with E-state index in [0.717, 1.165) is 25.1 Å². The lowest BCUT2D eigenvalue weighted by Crippen LogP contribution is -2.37. The molecule has 124 valence electrons. The van der Waals surface area contributed by atoms with Gasteiger partial charge in [-0.15, -0.1) is 0 Å². The molecular formula is C16H23N5O2. The van der Waals surface area contributed by atoms with Crippen LogP contribution in [-0.2, 0) is 13.5 Å². The molecule has 3 rings (SSSR count). The van der Waals surface area contributed by atoms with Gasteiger partial charge in [0.05, 0.1) is 11.8 Å². The summed E-state index contributed by atoms with van der Waals surface area (Å²) in [6.45, 7) is 5.69. The molecule has 0 aromatic carbocycles. The summed E-state index contributed by atoms with van der Waals surface area (Å²) in [5, 5.41) is 8.12. The summed E-state index contributed by atoms with van der Waals surface area (Å²) in [5.74, 6) is 2.31. The minimum atomic E-state index is 0.0441. The first-order chi connectivity index (χ1) is 11.0. The average Bonchev–Trinajstić information content (AvgIpc) is 3.15. The molecule has 0 bridgehead atoms. The Hall–Kier alpha value is -2.18. The highest BCUT2D eigenvalue weighted by molar-refractivity contribution is 5.93.